The fourth-order valence-corrected chi connectivity index (χ4v) is 5.83. The van der Waals surface area contributed by atoms with Gasteiger partial charge in [0.25, 0.3) is 0 Å². The Labute approximate surface area is 240 Å². The number of thiophene rings is 2. The molecule has 0 saturated carbocycles. The molecule has 0 atom stereocenters. The molecule has 2 aromatic carbocycles. The zero-order chi connectivity index (χ0) is 28.8. The number of anilines is 2. The number of benzene rings is 2. The number of hydrogen-bond acceptors (Lipinski definition) is 8. The number of hydrogen-bond donors (Lipinski definition) is 2. The normalized spacial score (nSPS) is 10.6. The predicted octanol–water partition coefficient (Wildman–Crippen LogP) is 6.69. The van der Waals surface area contributed by atoms with E-state index >= 15 is 0 Å². The Bertz CT molecular complexity index is 1430. The molecule has 0 unspecified atom stereocenters. The lowest BCUT2D eigenvalue weighted by Gasteiger charge is -2.10. The Hall–Kier alpha value is -4.28. The summed E-state index contributed by atoms with van der Waals surface area (Å²) in [7, 11) is 0. The standard InChI is InChI=1S/C30H28N2O6S2/c1-5-37-29(35)23-21(19-11-7-17(3)8-12-19)15-39-27(23)31-25(33)26(34)32-28-24(30(36)38-6-2)22(16-40-28)20-13-9-18(4)10-14-20/h7-16H,5-6H2,1-4H3,(H,31,33)(H,32,34). The molecule has 0 aliphatic rings. The van der Waals surface area contributed by atoms with Crippen LogP contribution in [0.2, 0.25) is 0 Å². The molecule has 0 fully saturated rings. The molecule has 40 heavy (non-hydrogen) atoms. The van der Waals surface area contributed by atoms with Gasteiger partial charge in [-0.25, -0.2) is 9.59 Å². The monoisotopic (exact) mass is 576 g/mol. The number of nitrogens with one attached hydrogen (secondary N) is 2. The third-order valence-electron chi connectivity index (χ3n) is 5.93. The predicted molar refractivity (Wildman–Crippen MR) is 158 cm³/mol. The number of aryl methyl sites for hydroxylation is 2. The van der Waals surface area contributed by atoms with E-state index in [0.29, 0.717) is 11.1 Å². The SMILES string of the molecule is CCOC(=O)c1c(-c2ccc(C)cc2)csc1NC(=O)C(=O)Nc1scc(-c2ccc(C)cc2)c1C(=O)OCC. The lowest BCUT2D eigenvalue weighted by molar-refractivity contribution is -0.132. The minimum absolute atomic E-state index is 0.147. The minimum Gasteiger partial charge on any atom is -0.462 e. The van der Waals surface area contributed by atoms with E-state index in [1.165, 1.54) is 0 Å². The third kappa shape index (κ3) is 6.30. The van der Waals surface area contributed by atoms with Gasteiger partial charge in [-0.2, -0.15) is 0 Å². The van der Waals surface area contributed by atoms with Crippen LogP contribution in [0, 0.1) is 13.8 Å². The molecule has 206 valence electrons. The summed E-state index contributed by atoms with van der Waals surface area (Å²) in [4.78, 5) is 51.7. The highest BCUT2D eigenvalue weighted by Gasteiger charge is 2.27. The van der Waals surface area contributed by atoms with Gasteiger partial charge < -0.3 is 20.1 Å². The van der Waals surface area contributed by atoms with Crippen LogP contribution < -0.4 is 10.6 Å². The van der Waals surface area contributed by atoms with Crippen molar-refractivity contribution in [3.63, 3.8) is 0 Å². The summed E-state index contributed by atoms with van der Waals surface area (Å²) in [5.74, 6) is -3.22. The van der Waals surface area contributed by atoms with Crippen molar-refractivity contribution in [2.24, 2.45) is 0 Å². The second-order valence-corrected chi connectivity index (χ2v) is 10.5. The molecule has 0 spiro atoms. The van der Waals surface area contributed by atoms with E-state index in [9.17, 15) is 19.2 Å². The molecule has 2 heterocycles. The topological polar surface area (TPSA) is 111 Å². The van der Waals surface area contributed by atoms with Crippen molar-refractivity contribution in [3.05, 3.63) is 81.5 Å². The molecular weight excluding hydrogens is 548 g/mol. The van der Waals surface area contributed by atoms with Gasteiger partial charge in [0.1, 0.15) is 21.1 Å². The Kier molecular flexibility index (Phi) is 9.13. The molecule has 0 saturated heterocycles. The molecule has 4 aromatic rings. The molecule has 2 aromatic heterocycles. The molecule has 8 nitrogen and oxygen atoms in total. The maximum atomic E-state index is 13.0. The van der Waals surface area contributed by atoms with Gasteiger partial charge in [0.2, 0.25) is 0 Å². The maximum Gasteiger partial charge on any atom is 0.341 e. The highest BCUT2D eigenvalue weighted by Crippen LogP contribution is 2.38. The van der Waals surface area contributed by atoms with Gasteiger partial charge in [-0.1, -0.05) is 59.7 Å². The summed E-state index contributed by atoms with van der Waals surface area (Å²) < 4.78 is 10.5. The van der Waals surface area contributed by atoms with Crippen molar-refractivity contribution in [3.8, 4) is 22.3 Å². The van der Waals surface area contributed by atoms with E-state index in [2.05, 4.69) is 10.6 Å². The van der Waals surface area contributed by atoms with Crippen LogP contribution in [0.5, 0.6) is 0 Å². The Balaban J connectivity index is 1.61. The average Bonchev–Trinajstić information content (AvgIpc) is 3.54. The number of carbonyl (C=O) groups excluding carboxylic acids is 4. The number of esters is 2. The fraction of sp³-hybridized carbons (Fsp3) is 0.200. The molecule has 4 rings (SSSR count). The number of ether oxygens (including phenoxy) is 2. The van der Waals surface area contributed by atoms with Crippen LogP contribution in [-0.4, -0.2) is 37.0 Å². The Morgan fingerprint density at radius 1 is 0.625 bits per heavy atom. The average molecular weight is 577 g/mol. The highest BCUT2D eigenvalue weighted by atomic mass is 32.1. The molecule has 10 heteroatoms. The second-order valence-electron chi connectivity index (χ2n) is 8.79. The van der Waals surface area contributed by atoms with E-state index in [4.69, 9.17) is 9.47 Å². The van der Waals surface area contributed by atoms with Gasteiger partial charge in [0, 0.05) is 21.9 Å². The van der Waals surface area contributed by atoms with Crippen LogP contribution in [0.4, 0.5) is 10.0 Å². The number of carbonyl (C=O) groups is 4. The zero-order valence-electron chi connectivity index (χ0n) is 22.5. The van der Waals surface area contributed by atoms with Gasteiger partial charge >= 0.3 is 23.8 Å². The van der Waals surface area contributed by atoms with Crippen molar-refractivity contribution in [1.82, 2.24) is 0 Å². The number of rotatable bonds is 8. The van der Waals surface area contributed by atoms with E-state index in [1.807, 2.05) is 62.4 Å². The smallest absolute Gasteiger partial charge is 0.341 e. The third-order valence-corrected chi connectivity index (χ3v) is 7.72. The van der Waals surface area contributed by atoms with Crippen LogP contribution in [0.15, 0.2) is 59.3 Å². The maximum absolute atomic E-state index is 13.0. The highest BCUT2D eigenvalue weighted by molar-refractivity contribution is 7.16. The largest absolute Gasteiger partial charge is 0.462 e. The molecule has 0 aliphatic heterocycles. The fourth-order valence-electron chi connectivity index (χ4n) is 3.92. The van der Waals surface area contributed by atoms with Crippen LogP contribution in [0.25, 0.3) is 22.3 Å². The molecular formula is C30H28N2O6S2. The Morgan fingerprint density at radius 3 is 1.30 bits per heavy atom. The van der Waals surface area contributed by atoms with Crippen molar-refractivity contribution < 1.29 is 28.7 Å². The lowest BCUT2D eigenvalue weighted by atomic mass is 10.0. The summed E-state index contributed by atoms with van der Waals surface area (Å²) in [5, 5.41) is 8.93. The lowest BCUT2D eigenvalue weighted by Crippen LogP contribution is -2.29. The van der Waals surface area contributed by atoms with E-state index < -0.39 is 23.8 Å². The van der Waals surface area contributed by atoms with Crippen molar-refractivity contribution >= 4 is 56.4 Å². The summed E-state index contributed by atoms with van der Waals surface area (Å²) in [6, 6.07) is 15.2. The van der Waals surface area contributed by atoms with Gasteiger partial charge in [-0.15, -0.1) is 22.7 Å². The first-order valence-corrected chi connectivity index (χ1v) is 14.3. The molecule has 2 N–H and O–H groups in total. The molecule has 0 radical (unpaired) electrons. The molecule has 0 bridgehead atoms. The van der Waals surface area contributed by atoms with Crippen LogP contribution in [-0.2, 0) is 19.1 Å². The van der Waals surface area contributed by atoms with E-state index in [1.54, 1.807) is 24.6 Å². The number of amides is 2. The summed E-state index contributed by atoms with van der Waals surface area (Å²) in [6.45, 7) is 7.59. The van der Waals surface area contributed by atoms with Crippen LogP contribution >= 0.6 is 22.7 Å². The molecule has 0 aliphatic carbocycles. The first kappa shape index (κ1) is 28.7. The second kappa shape index (κ2) is 12.7. The van der Waals surface area contributed by atoms with Crippen molar-refractivity contribution in [2.45, 2.75) is 27.7 Å². The van der Waals surface area contributed by atoms with Crippen molar-refractivity contribution in [1.29, 1.82) is 0 Å². The first-order chi connectivity index (χ1) is 19.2. The Morgan fingerprint density at radius 2 is 0.975 bits per heavy atom. The first-order valence-electron chi connectivity index (χ1n) is 12.6. The van der Waals surface area contributed by atoms with Gasteiger partial charge in [-0.05, 0) is 38.8 Å². The van der Waals surface area contributed by atoms with Gasteiger partial charge in [0.05, 0.1) is 13.2 Å². The molecule has 2 amide bonds. The summed E-state index contributed by atoms with van der Waals surface area (Å²) >= 11 is 2.23. The van der Waals surface area contributed by atoms with Gasteiger partial charge in [-0.3, -0.25) is 9.59 Å². The summed E-state index contributed by atoms with van der Waals surface area (Å²) in [5.41, 5.74) is 5.18. The van der Waals surface area contributed by atoms with Gasteiger partial charge in [0.15, 0.2) is 0 Å². The minimum atomic E-state index is -0.997. The quantitative estimate of drug-likeness (QED) is 0.179. The van der Waals surface area contributed by atoms with Crippen molar-refractivity contribution in [2.75, 3.05) is 23.8 Å². The van der Waals surface area contributed by atoms with Crippen LogP contribution in [0.1, 0.15) is 45.7 Å². The van der Waals surface area contributed by atoms with E-state index in [-0.39, 0.29) is 34.3 Å². The van der Waals surface area contributed by atoms with E-state index in [0.717, 1.165) is 44.9 Å². The summed E-state index contributed by atoms with van der Waals surface area (Å²) in [6.07, 6.45) is 0. The van der Waals surface area contributed by atoms with Crippen LogP contribution in [0.3, 0.4) is 0 Å². The zero-order valence-corrected chi connectivity index (χ0v) is 24.1.